The summed E-state index contributed by atoms with van der Waals surface area (Å²) in [6.45, 7) is 11.4. The van der Waals surface area contributed by atoms with E-state index < -0.39 is 0 Å². The number of unbranched alkanes of at least 4 members (excludes halogenated alkanes) is 25. The molecule has 0 bridgehead atoms. The Morgan fingerprint density at radius 1 is 0.183 bits per heavy atom. The summed E-state index contributed by atoms with van der Waals surface area (Å²) in [6.07, 6.45) is 76.9. The summed E-state index contributed by atoms with van der Waals surface area (Å²) in [4.78, 5) is 5.03. The topological polar surface area (TPSA) is 0 Å². The van der Waals surface area contributed by atoms with Crippen LogP contribution in [-0.4, -0.2) is 0 Å². The zero-order valence-electron chi connectivity index (χ0n) is 75.5. The van der Waals surface area contributed by atoms with Crippen LogP contribution >= 0.6 is 63.1 Å². The van der Waals surface area contributed by atoms with E-state index in [0.717, 1.165) is 81.9 Å². The second kappa shape index (κ2) is 74.5. The van der Waals surface area contributed by atoms with Crippen molar-refractivity contribution >= 4 is 63.1 Å². The van der Waals surface area contributed by atoms with Gasteiger partial charge in [-0.25, -0.2) is 0 Å². The third kappa shape index (κ3) is 55.6. The number of thiol groups is 5. The molecule has 10 rings (SSSR count). The lowest BCUT2D eigenvalue weighted by Crippen LogP contribution is -2.13. The van der Waals surface area contributed by atoms with Crippen LogP contribution in [0.15, 0.2) is 146 Å². The van der Waals surface area contributed by atoms with E-state index in [1.165, 1.54) is 353 Å². The Balaban J connectivity index is 0.000000742. The van der Waals surface area contributed by atoms with Crippen LogP contribution in [0.2, 0.25) is 0 Å². The van der Waals surface area contributed by atoms with Crippen LogP contribution in [0, 0.1) is 118 Å². The maximum absolute atomic E-state index is 4.31. The summed E-state index contributed by atoms with van der Waals surface area (Å²) in [5, 5.41) is 0. The Morgan fingerprint density at radius 3 is 0.442 bits per heavy atom. The van der Waals surface area contributed by atoms with E-state index >= 15 is 0 Å². The van der Waals surface area contributed by atoms with Gasteiger partial charge in [0.25, 0.3) is 0 Å². The zero-order chi connectivity index (χ0) is 81.7. The van der Waals surface area contributed by atoms with Gasteiger partial charge in [-0.2, -0.15) is 0 Å². The molecule has 0 amide bonds. The molecule has 10 heteroatoms. The summed E-state index contributed by atoms with van der Waals surface area (Å²) in [6, 6.07) is 40.9. The molecule has 0 radical (unpaired) electrons. The summed E-state index contributed by atoms with van der Waals surface area (Å²) in [5.74, 6) is 42.1. The Kier molecular flexibility index (Phi) is 70.4. The van der Waals surface area contributed by atoms with Crippen molar-refractivity contribution in [2.75, 3.05) is 0 Å². The third-order valence-corrected chi connectivity index (χ3v) is 27.0. The van der Waals surface area contributed by atoms with E-state index in [4.69, 9.17) is 0 Å². The van der Waals surface area contributed by atoms with E-state index in [0.29, 0.717) is 29.6 Å². The molecule has 0 saturated heterocycles. The fourth-order valence-corrected chi connectivity index (χ4v) is 18.4. The SMILES string of the molecule is CCCCCCCCC1CCC(C#Cc2ccc(S)cc2)CC1.CCCCCCCCC1CCC(C#Cc2ccc(S)cc2)CC1.CCCCCCCCC1CCC(C#Cc2ccc(S)cc2)CC1.CCCCCCCCC1CCC(C#Cc2ccc(S)cc2)CC1.CCCCCCCCC1CCC(C#Cc2ccc(S)cc2)CC1.F.F.F.F.F. The summed E-state index contributed by atoms with van der Waals surface area (Å²) < 4.78 is 0. The van der Waals surface area contributed by atoms with Crippen molar-refractivity contribution in [1.29, 1.82) is 0 Å². The molecule has 5 fully saturated rings. The first-order valence-electron chi connectivity index (χ1n) is 47.9. The van der Waals surface area contributed by atoms with Gasteiger partial charge in [-0.15, -0.1) is 63.1 Å². The molecule has 5 saturated carbocycles. The molecule has 5 aromatic rings. The zero-order valence-corrected chi connectivity index (χ0v) is 80.0. The van der Waals surface area contributed by atoms with Crippen molar-refractivity contribution in [3.63, 3.8) is 0 Å². The van der Waals surface area contributed by atoms with Gasteiger partial charge < -0.3 is 0 Å². The third-order valence-electron chi connectivity index (χ3n) is 25.5. The van der Waals surface area contributed by atoms with Gasteiger partial charge in [0.15, 0.2) is 0 Å². The molecule has 0 heterocycles. The van der Waals surface area contributed by atoms with Crippen molar-refractivity contribution < 1.29 is 23.5 Å². The second-order valence-corrected chi connectivity index (χ2v) is 38.0. The summed E-state index contributed by atoms with van der Waals surface area (Å²) in [5.41, 5.74) is 5.61. The van der Waals surface area contributed by atoms with Gasteiger partial charge in [0, 0.05) is 81.9 Å². The Hall–Kier alpha value is -4.70. The number of hydrogen-bond donors (Lipinski definition) is 5. The minimum Gasteiger partial charge on any atom is -0.269 e. The van der Waals surface area contributed by atoms with Gasteiger partial charge in [0.1, 0.15) is 0 Å². The molecule has 5 aliphatic rings. The first-order valence-corrected chi connectivity index (χ1v) is 50.1. The smallest absolute Gasteiger partial charge is 0.0246 e. The summed E-state index contributed by atoms with van der Waals surface area (Å²) >= 11 is 21.6. The van der Waals surface area contributed by atoms with Crippen molar-refractivity contribution in [2.45, 2.75) is 412 Å². The van der Waals surface area contributed by atoms with Crippen LogP contribution in [0.3, 0.4) is 0 Å². The van der Waals surface area contributed by atoms with Gasteiger partial charge in [-0.05, 0) is 279 Å². The molecule has 0 spiro atoms. The molecule has 0 atom stereocenters. The van der Waals surface area contributed by atoms with Crippen molar-refractivity contribution in [3.05, 3.63) is 149 Å². The highest BCUT2D eigenvalue weighted by Gasteiger charge is 2.24. The number of halogens is 5. The summed E-state index contributed by atoms with van der Waals surface area (Å²) in [7, 11) is 0. The van der Waals surface area contributed by atoms with Crippen LogP contribution < -0.4 is 0 Å². The predicted molar refractivity (Wildman–Crippen MR) is 533 cm³/mol. The van der Waals surface area contributed by atoms with E-state index in [9.17, 15) is 0 Å². The lowest BCUT2D eigenvalue weighted by atomic mass is 9.80. The highest BCUT2D eigenvalue weighted by molar-refractivity contribution is 7.81. The molecular formula is C110H165F5S5. The van der Waals surface area contributed by atoms with E-state index in [-0.39, 0.29) is 23.5 Å². The van der Waals surface area contributed by atoms with Gasteiger partial charge >= 0.3 is 0 Å². The fourth-order valence-electron chi connectivity index (χ4n) is 17.7. The average Bonchev–Trinajstić information content (AvgIpc) is 0.908. The van der Waals surface area contributed by atoms with Crippen molar-refractivity contribution in [1.82, 2.24) is 0 Å². The first-order chi connectivity index (χ1) is 56.4. The minimum atomic E-state index is 0. The fraction of sp³-hybridized carbons (Fsp3) is 0.636. The molecular weight excluding hydrogens is 1580 g/mol. The Morgan fingerprint density at radius 2 is 0.308 bits per heavy atom. The Bertz CT molecular complexity index is 3000. The molecule has 0 aromatic heterocycles. The monoisotopic (exact) mass is 1740 g/mol. The highest BCUT2D eigenvalue weighted by atomic mass is 32.1. The molecule has 0 N–H and O–H groups in total. The largest absolute Gasteiger partial charge is 0.269 e. The van der Waals surface area contributed by atoms with Gasteiger partial charge in [-0.1, -0.05) is 319 Å². The van der Waals surface area contributed by atoms with E-state index in [1.54, 1.807) is 0 Å². The standard InChI is InChI=1S/5C22H32S.5FH/c5*1-2-3-4-5-6-7-8-19-9-11-20(12-10-19)13-14-21-15-17-22(23)18-16-21;;;;;/h5*15-20,23H,2-12H2,1H3;5*1H. The van der Waals surface area contributed by atoms with Crippen molar-refractivity contribution in [2.24, 2.45) is 59.2 Å². The molecule has 0 aliphatic heterocycles. The first kappa shape index (κ1) is 113. The number of benzene rings is 5. The molecule has 670 valence electrons. The number of rotatable bonds is 35. The minimum absolute atomic E-state index is 0. The maximum Gasteiger partial charge on any atom is 0.0246 e. The average molecular weight is 1740 g/mol. The quantitative estimate of drug-likeness (QED) is 0.0114. The molecule has 5 aliphatic carbocycles. The second-order valence-electron chi connectivity index (χ2n) is 35.5. The molecule has 0 unspecified atom stereocenters. The van der Waals surface area contributed by atoms with Gasteiger partial charge in [-0.3, -0.25) is 23.5 Å². The van der Waals surface area contributed by atoms with Crippen LogP contribution in [-0.2, 0) is 0 Å². The normalized spacial score (nSPS) is 19.9. The van der Waals surface area contributed by atoms with E-state index in [1.807, 2.05) is 60.7 Å². The lowest BCUT2D eigenvalue weighted by Gasteiger charge is -2.25. The lowest BCUT2D eigenvalue weighted by molar-refractivity contribution is 0.293. The van der Waals surface area contributed by atoms with Gasteiger partial charge in [0.2, 0.25) is 0 Å². The predicted octanol–water partition coefficient (Wildman–Crippen LogP) is 35.2. The van der Waals surface area contributed by atoms with Crippen LogP contribution in [0.4, 0.5) is 23.5 Å². The van der Waals surface area contributed by atoms with E-state index in [2.05, 4.69) is 218 Å². The Labute approximate surface area is 760 Å². The molecule has 5 aromatic carbocycles. The van der Waals surface area contributed by atoms with Crippen LogP contribution in [0.5, 0.6) is 0 Å². The van der Waals surface area contributed by atoms with Gasteiger partial charge in [0.05, 0.1) is 0 Å². The molecule has 0 nitrogen and oxygen atoms in total. The molecule has 120 heavy (non-hydrogen) atoms. The maximum atomic E-state index is 4.31. The van der Waals surface area contributed by atoms with Crippen LogP contribution in [0.25, 0.3) is 0 Å². The van der Waals surface area contributed by atoms with Crippen LogP contribution in [0.1, 0.15) is 416 Å². The number of hydrogen-bond acceptors (Lipinski definition) is 5. The highest BCUT2D eigenvalue weighted by Crippen LogP contribution is 2.37. The van der Waals surface area contributed by atoms with Crippen molar-refractivity contribution in [3.8, 4) is 59.2 Å².